The molecule has 1 fully saturated rings. The average Bonchev–Trinajstić information content (AvgIpc) is 3.07. The Hall–Kier alpha value is -1.30. The molecule has 1 aliphatic rings. The lowest BCUT2D eigenvalue weighted by atomic mass is 10.4. The van der Waals surface area contributed by atoms with Gasteiger partial charge in [0.1, 0.15) is 10.7 Å². The van der Waals surface area contributed by atoms with E-state index in [1.54, 1.807) is 0 Å². The van der Waals surface area contributed by atoms with E-state index in [4.69, 9.17) is 5.73 Å². The summed E-state index contributed by atoms with van der Waals surface area (Å²) in [6, 6.07) is 0. The second-order valence-corrected chi connectivity index (χ2v) is 5.36. The molecule has 1 amide bonds. The second kappa shape index (κ2) is 4.91. The molecule has 94 valence electrons. The van der Waals surface area contributed by atoms with Gasteiger partial charge >= 0.3 is 0 Å². The molecule has 1 aliphatic carbocycles. The van der Waals surface area contributed by atoms with Crippen LogP contribution in [0.25, 0.3) is 0 Å². The Kier molecular flexibility index (Phi) is 3.51. The zero-order valence-electron chi connectivity index (χ0n) is 10.2. The highest BCUT2D eigenvalue weighted by atomic mass is 32.1. The molecule has 1 aromatic rings. The number of anilines is 2. The van der Waals surface area contributed by atoms with E-state index in [2.05, 4.69) is 10.3 Å². The van der Waals surface area contributed by atoms with Gasteiger partial charge in [0.05, 0.1) is 0 Å². The zero-order valence-corrected chi connectivity index (χ0v) is 11.0. The summed E-state index contributed by atoms with van der Waals surface area (Å²) in [5.74, 6) is 0.909. The topological polar surface area (TPSA) is 71.2 Å². The number of carbonyl (C=O) groups is 1. The van der Waals surface area contributed by atoms with Crippen LogP contribution in [-0.4, -0.2) is 31.0 Å². The highest BCUT2D eigenvalue weighted by molar-refractivity contribution is 7.18. The third-order valence-corrected chi connectivity index (χ3v) is 4.08. The van der Waals surface area contributed by atoms with E-state index in [9.17, 15) is 4.79 Å². The highest BCUT2D eigenvalue weighted by Gasteiger charge is 2.23. The first-order chi connectivity index (χ1) is 8.11. The summed E-state index contributed by atoms with van der Waals surface area (Å²) in [5, 5.41) is 3.70. The lowest BCUT2D eigenvalue weighted by molar-refractivity contribution is 0.0956. The standard InChI is InChI=1S/C11H18N4OS/c1-3-15(2)11-14-9(12)8(17-11)10(16)13-6-7-4-5-7/h7H,3-6,12H2,1-2H3,(H,13,16). The summed E-state index contributed by atoms with van der Waals surface area (Å²) in [5.41, 5.74) is 5.77. The number of hydrogen-bond donors (Lipinski definition) is 2. The number of nitrogens with two attached hydrogens (primary N) is 1. The van der Waals surface area contributed by atoms with Gasteiger partial charge in [-0.25, -0.2) is 4.98 Å². The van der Waals surface area contributed by atoms with Gasteiger partial charge in [0.15, 0.2) is 5.13 Å². The van der Waals surface area contributed by atoms with Crippen LogP contribution in [0, 0.1) is 5.92 Å². The van der Waals surface area contributed by atoms with Crippen LogP contribution >= 0.6 is 11.3 Å². The van der Waals surface area contributed by atoms with E-state index in [0.717, 1.165) is 18.2 Å². The molecule has 6 heteroatoms. The van der Waals surface area contributed by atoms with Crippen LogP contribution in [0.1, 0.15) is 29.4 Å². The number of rotatable bonds is 5. The van der Waals surface area contributed by atoms with Crippen LogP contribution < -0.4 is 16.0 Å². The molecule has 0 aliphatic heterocycles. The lowest BCUT2D eigenvalue weighted by Crippen LogP contribution is -2.25. The van der Waals surface area contributed by atoms with Crippen molar-refractivity contribution in [2.45, 2.75) is 19.8 Å². The van der Waals surface area contributed by atoms with Crippen molar-refractivity contribution in [3.8, 4) is 0 Å². The van der Waals surface area contributed by atoms with Crippen molar-refractivity contribution in [1.29, 1.82) is 0 Å². The van der Waals surface area contributed by atoms with Crippen molar-refractivity contribution in [3.63, 3.8) is 0 Å². The molecule has 0 unspecified atom stereocenters. The molecule has 17 heavy (non-hydrogen) atoms. The van der Waals surface area contributed by atoms with Gasteiger partial charge in [-0.3, -0.25) is 4.79 Å². The molecular weight excluding hydrogens is 236 g/mol. The summed E-state index contributed by atoms with van der Waals surface area (Å²) in [4.78, 5) is 18.6. The minimum Gasteiger partial charge on any atom is -0.382 e. The van der Waals surface area contributed by atoms with Crippen LogP contribution in [0.15, 0.2) is 0 Å². The Bertz CT molecular complexity index is 414. The smallest absolute Gasteiger partial charge is 0.265 e. The number of carbonyl (C=O) groups excluding carboxylic acids is 1. The first kappa shape index (κ1) is 12.2. The molecule has 0 atom stereocenters. The van der Waals surface area contributed by atoms with Crippen molar-refractivity contribution in [1.82, 2.24) is 10.3 Å². The number of nitrogens with zero attached hydrogens (tertiary/aromatic N) is 2. The Morgan fingerprint density at radius 3 is 2.94 bits per heavy atom. The third-order valence-electron chi connectivity index (χ3n) is 2.90. The first-order valence-electron chi connectivity index (χ1n) is 5.87. The van der Waals surface area contributed by atoms with E-state index in [1.807, 2.05) is 18.9 Å². The third kappa shape index (κ3) is 2.88. The average molecular weight is 254 g/mol. The fourth-order valence-corrected chi connectivity index (χ4v) is 2.35. The van der Waals surface area contributed by atoms with Gasteiger partial charge in [-0.15, -0.1) is 0 Å². The van der Waals surface area contributed by atoms with Crippen LogP contribution in [0.4, 0.5) is 10.9 Å². The fourth-order valence-electron chi connectivity index (χ4n) is 1.42. The van der Waals surface area contributed by atoms with E-state index < -0.39 is 0 Å². The minimum absolute atomic E-state index is 0.0948. The number of nitrogen functional groups attached to an aromatic ring is 1. The summed E-state index contributed by atoms with van der Waals surface area (Å²) in [7, 11) is 1.93. The predicted molar refractivity (Wildman–Crippen MR) is 70.5 cm³/mol. The maximum Gasteiger partial charge on any atom is 0.265 e. The monoisotopic (exact) mass is 254 g/mol. The molecule has 5 nitrogen and oxygen atoms in total. The van der Waals surface area contributed by atoms with Gasteiger partial charge in [0.2, 0.25) is 0 Å². The zero-order chi connectivity index (χ0) is 12.4. The van der Waals surface area contributed by atoms with Gasteiger partial charge in [-0.2, -0.15) is 0 Å². The largest absolute Gasteiger partial charge is 0.382 e. The summed E-state index contributed by atoms with van der Waals surface area (Å²) in [6.45, 7) is 3.63. The normalized spacial score (nSPS) is 14.7. The van der Waals surface area contributed by atoms with Crippen LogP contribution in [-0.2, 0) is 0 Å². The summed E-state index contributed by atoms with van der Waals surface area (Å²) >= 11 is 1.35. The fraction of sp³-hybridized carbons (Fsp3) is 0.636. The van der Waals surface area contributed by atoms with Gasteiger partial charge in [-0.05, 0) is 25.7 Å². The number of amides is 1. The molecule has 1 saturated carbocycles. The Balaban J connectivity index is 2.02. The van der Waals surface area contributed by atoms with Crippen molar-refractivity contribution in [2.75, 3.05) is 30.8 Å². The number of nitrogens with one attached hydrogen (secondary N) is 1. The predicted octanol–water partition coefficient (Wildman–Crippen LogP) is 1.32. The molecular formula is C11H18N4OS. The van der Waals surface area contributed by atoms with E-state index >= 15 is 0 Å². The second-order valence-electron chi connectivity index (χ2n) is 4.38. The Morgan fingerprint density at radius 2 is 2.35 bits per heavy atom. The maximum absolute atomic E-state index is 11.9. The maximum atomic E-state index is 11.9. The molecule has 0 aromatic carbocycles. The number of thiazole rings is 1. The molecule has 0 saturated heterocycles. The van der Waals surface area contributed by atoms with Crippen LogP contribution in [0.5, 0.6) is 0 Å². The minimum atomic E-state index is -0.0948. The molecule has 0 radical (unpaired) electrons. The molecule has 0 spiro atoms. The van der Waals surface area contributed by atoms with Crippen molar-refractivity contribution in [2.24, 2.45) is 5.92 Å². The van der Waals surface area contributed by atoms with E-state index in [0.29, 0.717) is 16.6 Å². The first-order valence-corrected chi connectivity index (χ1v) is 6.69. The van der Waals surface area contributed by atoms with Gasteiger partial charge < -0.3 is 16.0 Å². The molecule has 0 bridgehead atoms. The highest BCUT2D eigenvalue weighted by Crippen LogP contribution is 2.29. The van der Waals surface area contributed by atoms with Crippen molar-refractivity contribution >= 4 is 28.2 Å². The molecule has 1 heterocycles. The number of hydrogen-bond acceptors (Lipinski definition) is 5. The molecule has 3 N–H and O–H groups in total. The van der Waals surface area contributed by atoms with Gasteiger partial charge in [0, 0.05) is 20.1 Å². The SMILES string of the molecule is CCN(C)c1nc(N)c(C(=O)NCC2CC2)s1. The quantitative estimate of drug-likeness (QED) is 0.831. The summed E-state index contributed by atoms with van der Waals surface area (Å²) in [6.07, 6.45) is 2.45. The Morgan fingerprint density at radius 1 is 1.65 bits per heavy atom. The van der Waals surface area contributed by atoms with E-state index in [-0.39, 0.29) is 5.91 Å². The van der Waals surface area contributed by atoms with Crippen molar-refractivity contribution in [3.05, 3.63) is 4.88 Å². The van der Waals surface area contributed by atoms with Crippen LogP contribution in [0.2, 0.25) is 0 Å². The van der Waals surface area contributed by atoms with E-state index in [1.165, 1.54) is 24.2 Å². The Labute approximate surface area is 105 Å². The number of aromatic nitrogens is 1. The molecule has 1 aromatic heterocycles. The lowest BCUT2D eigenvalue weighted by Gasteiger charge is -2.10. The molecule has 2 rings (SSSR count). The van der Waals surface area contributed by atoms with Gasteiger partial charge in [-0.1, -0.05) is 11.3 Å². The van der Waals surface area contributed by atoms with Crippen molar-refractivity contribution < 1.29 is 4.79 Å². The van der Waals surface area contributed by atoms with Gasteiger partial charge in [0.25, 0.3) is 5.91 Å². The van der Waals surface area contributed by atoms with Crippen LogP contribution in [0.3, 0.4) is 0 Å². The summed E-state index contributed by atoms with van der Waals surface area (Å²) < 4.78 is 0.